The van der Waals surface area contributed by atoms with Crippen molar-refractivity contribution in [3.8, 4) is 0 Å². The summed E-state index contributed by atoms with van der Waals surface area (Å²) in [6.07, 6.45) is 3.06. The molecule has 0 fully saturated rings. The first kappa shape index (κ1) is 21.8. The number of Topliss-reactive ketones (excluding diaryl/α,β-unsaturated/α-hetero) is 1. The number of hydrogen-bond donors (Lipinski definition) is 1. The van der Waals surface area contributed by atoms with Crippen LogP contribution in [-0.2, 0) is 9.53 Å². The van der Waals surface area contributed by atoms with Crippen LogP contribution in [0.15, 0.2) is 35.9 Å². The monoisotopic (exact) mass is 470 g/mol. The lowest BCUT2D eigenvalue weighted by Gasteiger charge is -2.24. The van der Waals surface area contributed by atoms with Gasteiger partial charge in [0.25, 0.3) is 5.91 Å². The standard InChI is InChI=1S/C21H18N4O5S2/c1-9-17(31-11(3)23-9)15(26)13-14(12-5-7-22-8-6-12)25(19(28)16(13)27)21-24-10(2)18(32-21)20(29)30-4/h5-8,14,27H,1-4H3. The van der Waals surface area contributed by atoms with Crippen molar-refractivity contribution in [1.82, 2.24) is 15.0 Å². The predicted molar refractivity (Wildman–Crippen MR) is 118 cm³/mol. The first-order valence-corrected chi connectivity index (χ1v) is 11.1. The maximum absolute atomic E-state index is 13.5. The van der Waals surface area contributed by atoms with Crippen LogP contribution in [0.5, 0.6) is 0 Å². The van der Waals surface area contributed by atoms with Crippen LogP contribution in [0.4, 0.5) is 5.13 Å². The molecule has 4 heterocycles. The van der Waals surface area contributed by atoms with Gasteiger partial charge in [-0.3, -0.25) is 19.5 Å². The van der Waals surface area contributed by atoms with Gasteiger partial charge >= 0.3 is 5.97 Å². The van der Waals surface area contributed by atoms with Crippen LogP contribution >= 0.6 is 22.7 Å². The molecule has 32 heavy (non-hydrogen) atoms. The van der Waals surface area contributed by atoms with Gasteiger partial charge in [0.2, 0.25) is 5.78 Å². The molecule has 0 aliphatic carbocycles. The second-order valence-electron chi connectivity index (χ2n) is 7.00. The molecule has 1 unspecified atom stereocenters. The van der Waals surface area contributed by atoms with E-state index in [-0.39, 0.29) is 15.6 Å². The Bertz CT molecular complexity index is 1280. The number of aliphatic hydroxyl groups is 1. The van der Waals surface area contributed by atoms with Crippen molar-refractivity contribution >= 4 is 45.5 Å². The number of ketones is 1. The summed E-state index contributed by atoms with van der Waals surface area (Å²) in [5.41, 5.74) is 1.40. The van der Waals surface area contributed by atoms with Crippen molar-refractivity contribution in [3.05, 3.63) is 67.6 Å². The number of hydrogen-bond acceptors (Lipinski definition) is 10. The van der Waals surface area contributed by atoms with Crippen LogP contribution in [-0.4, -0.2) is 44.8 Å². The number of anilines is 1. The molecule has 0 saturated carbocycles. The highest BCUT2D eigenvalue weighted by atomic mass is 32.1. The van der Waals surface area contributed by atoms with Crippen LogP contribution in [0.2, 0.25) is 0 Å². The molecule has 11 heteroatoms. The van der Waals surface area contributed by atoms with Gasteiger partial charge in [-0.15, -0.1) is 11.3 Å². The van der Waals surface area contributed by atoms with E-state index in [9.17, 15) is 19.5 Å². The highest BCUT2D eigenvalue weighted by Crippen LogP contribution is 2.44. The molecule has 1 amide bonds. The number of pyridine rings is 1. The molecule has 1 aliphatic heterocycles. The number of nitrogens with zero attached hydrogens (tertiary/aromatic N) is 4. The zero-order valence-corrected chi connectivity index (χ0v) is 19.2. The van der Waals surface area contributed by atoms with E-state index in [2.05, 4.69) is 15.0 Å². The maximum atomic E-state index is 13.5. The fourth-order valence-electron chi connectivity index (χ4n) is 3.53. The molecular formula is C21H18N4O5S2. The fraction of sp³-hybridized carbons (Fsp3) is 0.238. The molecule has 0 aromatic carbocycles. The van der Waals surface area contributed by atoms with E-state index in [4.69, 9.17) is 4.74 Å². The first-order chi connectivity index (χ1) is 15.2. The van der Waals surface area contributed by atoms with Gasteiger partial charge < -0.3 is 9.84 Å². The summed E-state index contributed by atoms with van der Waals surface area (Å²) in [6.45, 7) is 5.11. The molecule has 1 aliphatic rings. The number of methoxy groups -OCH3 is 1. The van der Waals surface area contributed by atoms with E-state index in [0.717, 1.165) is 11.3 Å². The first-order valence-electron chi connectivity index (χ1n) is 9.45. The smallest absolute Gasteiger partial charge is 0.350 e. The van der Waals surface area contributed by atoms with Gasteiger partial charge in [-0.25, -0.2) is 14.8 Å². The van der Waals surface area contributed by atoms with E-state index < -0.39 is 29.5 Å². The van der Waals surface area contributed by atoms with Crippen LogP contribution in [0.3, 0.4) is 0 Å². The number of ether oxygens (including phenoxy) is 1. The zero-order chi connectivity index (χ0) is 23.2. The van der Waals surface area contributed by atoms with Crippen molar-refractivity contribution < 1.29 is 24.2 Å². The van der Waals surface area contributed by atoms with Crippen molar-refractivity contribution in [3.63, 3.8) is 0 Å². The minimum Gasteiger partial charge on any atom is -0.503 e. The molecule has 164 valence electrons. The largest absolute Gasteiger partial charge is 0.503 e. The summed E-state index contributed by atoms with van der Waals surface area (Å²) >= 11 is 2.15. The van der Waals surface area contributed by atoms with Crippen LogP contribution < -0.4 is 4.90 Å². The summed E-state index contributed by atoms with van der Waals surface area (Å²) in [7, 11) is 1.26. The third kappa shape index (κ3) is 3.49. The van der Waals surface area contributed by atoms with Crippen molar-refractivity contribution in [1.29, 1.82) is 0 Å². The molecule has 4 rings (SSSR count). The quantitative estimate of drug-likeness (QED) is 0.444. The predicted octanol–water partition coefficient (Wildman–Crippen LogP) is 3.49. The summed E-state index contributed by atoms with van der Waals surface area (Å²) in [5, 5.41) is 11.7. The summed E-state index contributed by atoms with van der Waals surface area (Å²) in [4.78, 5) is 53.2. The summed E-state index contributed by atoms with van der Waals surface area (Å²) < 4.78 is 4.79. The lowest BCUT2D eigenvalue weighted by atomic mass is 9.96. The average molecular weight is 471 g/mol. The molecule has 3 aromatic rings. The fourth-order valence-corrected chi connectivity index (χ4v) is 5.41. The topological polar surface area (TPSA) is 123 Å². The van der Waals surface area contributed by atoms with E-state index in [1.54, 1.807) is 32.9 Å². The Balaban J connectivity index is 1.88. The minimum atomic E-state index is -0.948. The Hall–Kier alpha value is -3.44. The Morgan fingerprint density at radius 3 is 2.31 bits per heavy atom. The minimum absolute atomic E-state index is 0.0691. The van der Waals surface area contributed by atoms with E-state index in [1.807, 2.05) is 0 Å². The molecule has 1 N–H and O–H groups in total. The summed E-state index contributed by atoms with van der Waals surface area (Å²) in [5.74, 6) is -2.50. The van der Waals surface area contributed by atoms with E-state index >= 15 is 0 Å². The Morgan fingerprint density at radius 2 is 1.72 bits per heavy atom. The number of carbonyl (C=O) groups is 3. The average Bonchev–Trinajstić information content (AvgIpc) is 3.41. The third-order valence-electron chi connectivity index (χ3n) is 4.95. The maximum Gasteiger partial charge on any atom is 0.350 e. The lowest BCUT2D eigenvalue weighted by molar-refractivity contribution is -0.117. The highest BCUT2D eigenvalue weighted by molar-refractivity contribution is 7.17. The lowest BCUT2D eigenvalue weighted by Crippen LogP contribution is -2.31. The van der Waals surface area contributed by atoms with Crippen LogP contribution in [0, 0.1) is 20.8 Å². The molecular weight excluding hydrogens is 452 g/mol. The molecule has 0 bridgehead atoms. The number of amides is 1. The second kappa shape index (κ2) is 8.24. The normalized spacial score (nSPS) is 16.1. The van der Waals surface area contributed by atoms with Gasteiger partial charge in [0.05, 0.1) is 40.0 Å². The number of carbonyl (C=O) groups excluding carboxylic acids is 3. The second-order valence-corrected chi connectivity index (χ2v) is 9.18. The van der Waals surface area contributed by atoms with Gasteiger partial charge in [-0.05, 0) is 38.5 Å². The number of aromatic nitrogens is 3. The van der Waals surface area contributed by atoms with Crippen LogP contribution in [0.25, 0.3) is 0 Å². The molecule has 9 nitrogen and oxygen atoms in total. The number of rotatable bonds is 5. The van der Waals surface area contributed by atoms with Gasteiger partial charge in [0, 0.05) is 12.4 Å². The number of aliphatic hydroxyl groups excluding tert-OH is 1. The SMILES string of the molecule is COC(=O)c1sc(N2C(=O)C(O)=C(C(=O)c3sc(C)nc3C)C2c2ccncc2)nc1C. The number of esters is 1. The van der Waals surface area contributed by atoms with Crippen molar-refractivity contribution in [2.24, 2.45) is 0 Å². The third-order valence-corrected chi connectivity index (χ3v) is 7.15. The van der Waals surface area contributed by atoms with Crippen molar-refractivity contribution in [2.45, 2.75) is 26.8 Å². The van der Waals surface area contributed by atoms with E-state index in [1.165, 1.54) is 35.7 Å². The van der Waals surface area contributed by atoms with Gasteiger partial charge in [-0.2, -0.15) is 0 Å². The summed E-state index contributed by atoms with van der Waals surface area (Å²) in [6, 6.07) is 2.36. The molecule has 0 saturated heterocycles. The van der Waals surface area contributed by atoms with Gasteiger partial charge in [0.1, 0.15) is 4.88 Å². The number of aryl methyl sites for hydroxylation is 3. The van der Waals surface area contributed by atoms with Gasteiger partial charge in [0.15, 0.2) is 10.9 Å². The molecule has 3 aromatic heterocycles. The Kier molecular flexibility index (Phi) is 5.61. The Labute approximate surface area is 191 Å². The van der Waals surface area contributed by atoms with E-state index in [0.29, 0.717) is 26.8 Å². The van der Waals surface area contributed by atoms with Gasteiger partial charge in [-0.1, -0.05) is 11.3 Å². The molecule has 0 radical (unpaired) electrons. The number of thiazole rings is 2. The van der Waals surface area contributed by atoms with Crippen LogP contribution in [0.1, 0.15) is 47.3 Å². The van der Waals surface area contributed by atoms with Crippen molar-refractivity contribution in [2.75, 3.05) is 12.0 Å². The molecule has 1 atom stereocenters. The Morgan fingerprint density at radius 1 is 1.06 bits per heavy atom. The zero-order valence-electron chi connectivity index (χ0n) is 17.6. The molecule has 0 spiro atoms. The highest BCUT2D eigenvalue weighted by Gasteiger charge is 2.46.